The highest BCUT2D eigenvalue weighted by molar-refractivity contribution is 7.87. The number of carbonyl (C=O) groups excluding carboxylic acids is 2. The number of fused-ring (bicyclic) bond motifs is 1. The van der Waals surface area contributed by atoms with Crippen LogP contribution in [0.2, 0.25) is 0 Å². The van der Waals surface area contributed by atoms with Crippen LogP contribution in [0, 0.1) is 17.0 Å². The Labute approximate surface area is 206 Å². The lowest BCUT2D eigenvalue weighted by atomic mass is 10.1. The molecule has 0 aromatic heterocycles. The Morgan fingerprint density at radius 2 is 1.50 bits per heavy atom. The lowest BCUT2D eigenvalue weighted by Gasteiger charge is -2.14. The van der Waals surface area contributed by atoms with E-state index in [0.29, 0.717) is 17.7 Å². The van der Waals surface area contributed by atoms with Crippen LogP contribution < -0.4 is 8.92 Å². The summed E-state index contributed by atoms with van der Waals surface area (Å²) in [6.07, 6.45) is 0.312. The molecule has 36 heavy (non-hydrogen) atoms. The number of hydrogen-bond donors (Lipinski definition) is 0. The second-order valence-electron chi connectivity index (χ2n) is 7.73. The molecule has 186 valence electrons. The molecule has 0 spiro atoms. The number of nitro benzene ring substituents is 1. The number of benzene rings is 3. The summed E-state index contributed by atoms with van der Waals surface area (Å²) in [6.45, 7) is 1.85. The number of carbonyl (C=O) groups is 2. The quantitative estimate of drug-likeness (QED) is 0.131. The summed E-state index contributed by atoms with van der Waals surface area (Å²) < 4.78 is 36.1. The molecule has 0 atom stereocenters. The van der Waals surface area contributed by atoms with E-state index in [4.69, 9.17) is 13.8 Å². The number of rotatable bonds is 10. The van der Waals surface area contributed by atoms with E-state index in [9.17, 15) is 28.1 Å². The highest BCUT2D eigenvalue weighted by atomic mass is 32.2. The third-order valence-electron chi connectivity index (χ3n) is 5.10. The largest absolute Gasteiger partial charge is 0.493 e. The Bertz CT molecular complexity index is 1420. The number of hydroxylamine groups is 2. The zero-order valence-electron chi connectivity index (χ0n) is 18.9. The molecule has 0 saturated heterocycles. The van der Waals surface area contributed by atoms with Gasteiger partial charge >= 0.3 is 10.1 Å². The number of para-hydroxylation sites is 1. The van der Waals surface area contributed by atoms with E-state index in [2.05, 4.69) is 0 Å². The van der Waals surface area contributed by atoms with Crippen LogP contribution in [-0.2, 0) is 15.0 Å². The smallest absolute Gasteiger partial charge is 0.346 e. The molecule has 1 aliphatic heterocycles. The van der Waals surface area contributed by atoms with Gasteiger partial charge in [-0.05, 0) is 42.8 Å². The van der Waals surface area contributed by atoms with E-state index in [1.165, 1.54) is 24.3 Å². The zero-order valence-corrected chi connectivity index (χ0v) is 19.8. The van der Waals surface area contributed by atoms with Crippen molar-refractivity contribution in [1.82, 2.24) is 5.06 Å². The SMILES string of the molecule is Cc1cc(OCCCON2C(=O)c3ccccc3C2=O)cc(OS(=O)(=O)c2ccccc2[N+](=O)[O-])c1. The van der Waals surface area contributed by atoms with E-state index in [-0.39, 0.29) is 30.1 Å². The van der Waals surface area contributed by atoms with Gasteiger partial charge in [-0.2, -0.15) is 8.42 Å². The molecule has 0 fully saturated rings. The maximum atomic E-state index is 12.7. The summed E-state index contributed by atoms with van der Waals surface area (Å²) in [4.78, 5) is 39.7. The van der Waals surface area contributed by atoms with Crippen molar-refractivity contribution in [2.24, 2.45) is 0 Å². The highest BCUT2D eigenvalue weighted by Crippen LogP contribution is 2.29. The van der Waals surface area contributed by atoms with Crippen LogP contribution in [-0.4, -0.2) is 43.4 Å². The van der Waals surface area contributed by atoms with Crippen molar-refractivity contribution in [2.45, 2.75) is 18.2 Å². The maximum absolute atomic E-state index is 12.7. The van der Waals surface area contributed by atoms with Crippen LogP contribution in [0.3, 0.4) is 0 Å². The fraction of sp³-hybridized carbons (Fsp3) is 0.167. The standard InChI is InChI=1S/C24H20N2O9S/c1-16-13-17(15-18(14-16)35-36(31,32)22-10-5-4-9-21(22)26(29)30)33-11-6-12-34-25-23(27)19-7-2-3-8-20(19)24(25)28/h2-5,7-10,13-15H,6,11-12H2,1H3. The van der Waals surface area contributed by atoms with Crippen LogP contribution in [0.25, 0.3) is 0 Å². The lowest BCUT2D eigenvalue weighted by Crippen LogP contribution is -2.30. The fourth-order valence-electron chi connectivity index (χ4n) is 3.53. The number of amides is 2. The average molecular weight is 512 g/mol. The van der Waals surface area contributed by atoms with Gasteiger partial charge in [-0.25, -0.2) is 0 Å². The molecule has 0 aliphatic carbocycles. The van der Waals surface area contributed by atoms with E-state index < -0.39 is 37.4 Å². The van der Waals surface area contributed by atoms with Gasteiger partial charge in [0, 0.05) is 18.6 Å². The maximum Gasteiger partial charge on any atom is 0.346 e. The van der Waals surface area contributed by atoms with Gasteiger partial charge < -0.3 is 8.92 Å². The van der Waals surface area contributed by atoms with Crippen molar-refractivity contribution >= 4 is 27.6 Å². The van der Waals surface area contributed by atoms with Crippen LogP contribution in [0.5, 0.6) is 11.5 Å². The Morgan fingerprint density at radius 3 is 2.17 bits per heavy atom. The Morgan fingerprint density at radius 1 is 0.889 bits per heavy atom. The van der Waals surface area contributed by atoms with Crippen molar-refractivity contribution in [2.75, 3.05) is 13.2 Å². The molecule has 2 amide bonds. The van der Waals surface area contributed by atoms with Gasteiger partial charge in [-0.15, -0.1) is 5.06 Å². The first-order valence-corrected chi connectivity index (χ1v) is 12.1. The Kier molecular flexibility index (Phi) is 6.99. The molecule has 1 aliphatic rings. The Balaban J connectivity index is 1.35. The number of nitro groups is 1. The van der Waals surface area contributed by atoms with Crippen molar-refractivity contribution in [3.8, 4) is 11.5 Å². The topological polar surface area (TPSA) is 142 Å². The van der Waals surface area contributed by atoms with Crippen LogP contribution in [0.4, 0.5) is 5.69 Å². The molecule has 0 saturated carbocycles. The molecular weight excluding hydrogens is 492 g/mol. The van der Waals surface area contributed by atoms with Crippen molar-refractivity contribution in [1.29, 1.82) is 0 Å². The van der Waals surface area contributed by atoms with E-state index >= 15 is 0 Å². The van der Waals surface area contributed by atoms with E-state index in [0.717, 1.165) is 17.2 Å². The van der Waals surface area contributed by atoms with Gasteiger partial charge in [0.25, 0.3) is 17.5 Å². The molecule has 11 nitrogen and oxygen atoms in total. The molecule has 4 rings (SSSR count). The summed E-state index contributed by atoms with van der Waals surface area (Å²) >= 11 is 0. The third kappa shape index (κ3) is 5.19. The predicted octanol–water partition coefficient (Wildman–Crippen LogP) is 3.67. The monoisotopic (exact) mass is 512 g/mol. The van der Waals surface area contributed by atoms with Gasteiger partial charge in [0.05, 0.1) is 29.3 Å². The van der Waals surface area contributed by atoms with Crippen LogP contribution in [0.15, 0.2) is 71.6 Å². The minimum Gasteiger partial charge on any atom is -0.493 e. The Hall–Kier alpha value is -4.29. The van der Waals surface area contributed by atoms with Gasteiger partial charge in [0.1, 0.15) is 11.5 Å². The number of aryl methyl sites for hydroxylation is 1. The van der Waals surface area contributed by atoms with Crippen LogP contribution >= 0.6 is 0 Å². The van der Waals surface area contributed by atoms with E-state index in [1.54, 1.807) is 37.3 Å². The zero-order chi connectivity index (χ0) is 25.9. The summed E-state index contributed by atoms with van der Waals surface area (Å²) in [6, 6.07) is 15.7. The molecule has 3 aromatic carbocycles. The van der Waals surface area contributed by atoms with Gasteiger partial charge in [-0.1, -0.05) is 24.3 Å². The summed E-state index contributed by atoms with van der Waals surface area (Å²) in [5.41, 5.74) is 0.589. The number of hydrogen-bond acceptors (Lipinski definition) is 9. The van der Waals surface area contributed by atoms with Crippen LogP contribution in [0.1, 0.15) is 32.7 Å². The first-order valence-electron chi connectivity index (χ1n) is 10.7. The predicted molar refractivity (Wildman–Crippen MR) is 125 cm³/mol. The fourth-order valence-corrected chi connectivity index (χ4v) is 4.61. The molecular formula is C24H20N2O9S. The summed E-state index contributed by atoms with van der Waals surface area (Å²) in [5.74, 6) is -0.845. The lowest BCUT2D eigenvalue weighted by molar-refractivity contribution is -0.387. The summed E-state index contributed by atoms with van der Waals surface area (Å²) in [5, 5.41) is 11.9. The highest BCUT2D eigenvalue weighted by Gasteiger charge is 2.36. The summed E-state index contributed by atoms with van der Waals surface area (Å²) in [7, 11) is -4.48. The second-order valence-corrected chi connectivity index (χ2v) is 9.24. The second kappa shape index (κ2) is 10.1. The average Bonchev–Trinajstić information content (AvgIpc) is 3.08. The molecule has 0 radical (unpaired) electrons. The van der Waals surface area contributed by atoms with Gasteiger partial charge in [-0.3, -0.25) is 24.5 Å². The first-order chi connectivity index (χ1) is 17.2. The number of imide groups is 1. The normalized spacial score (nSPS) is 13.0. The van der Waals surface area contributed by atoms with Gasteiger partial charge in [0.15, 0.2) is 4.90 Å². The molecule has 3 aromatic rings. The molecule has 1 heterocycles. The van der Waals surface area contributed by atoms with Crippen molar-refractivity contribution in [3.05, 3.63) is 93.5 Å². The van der Waals surface area contributed by atoms with Gasteiger partial charge in [0.2, 0.25) is 0 Å². The minimum atomic E-state index is -4.48. The number of ether oxygens (including phenoxy) is 1. The third-order valence-corrected chi connectivity index (χ3v) is 6.39. The van der Waals surface area contributed by atoms with E-state index in [1.807, 2.05) is 0 Å². The molecule has 0 N–H and O–H groups in total. The molecule has 12 heteroatoms. The molecule has 0 bridgehead atoms. The first kappa shape index (κ1) is 24.8. The van der Waals surface area contributed by atoms with Crippen molar-refractivity contribution in [3.63, 3.8) is 0 Å². The van der Waals surface area contributed by atoms with Crippen molar-refractivity contribution < 1.29 is 36.7 Å². The molecule has 0 unspecified atom stereocenters. The minimum absolute atomic E-state index is 0.0205. The number of nitrogens with zero attached hydrogens (tertiary/aromatic N) is 2.